The lowest BCUT2D eigenvalue weighted by Crippen LogP contribution is -2.44. The SMILES string of the molecule is O=C(NC1CCN(c2cc(C3CC3)[nH]n2)CC1)c1ccc2nc[nH]c2c1. The quantitative estimate of drug-likeness (QED) is 0.674. The summed E-state index contributed by atoms with van der Waals surface area (Å²) in [5, 5.41) is 10.8. The van der Waals surface area contributed by atoms with Crippen LogP contribution in [0, 0.1) is 0 Å². The fourth-order valence-corrected chi connectivity index (χ4v) is 3.69. The molecule has 7 heteroatoms. The number of aromatic nitrogens is 4. The lowest BCUT2D eigenvalue weighted by Gasteiger charge is -2.32. The van der Waals surface area contributed by atoms with Crippen molar-refractivity contribution in [2.75, 3.05) is 18.0 Å². The van der Waals surface area contributed by atoms with Crippen molar-refractivity contribution in [3.63, 3.8) is 0 Å². The Balaban J connectivity index is 1.19. The van der Waals surface area contributed by atoms with Crippen LogP contribution in [-0.2, 0) is 0 Å². The molecule has 3 aromatic rings. The van der Waals surface area contributed by atoms with E-state index in [1.54, 1.807) is 6.33 Å². The molecule has 1 aliphatic carbocycles. The van der Waals surface area contributed by atoms with Gasteiger partial charge in [0.15, 0.2) is 5.82 Å². The Hall–Kier alpha value is -2.83. The van der Waals surface area contributed by atoms with Crippen LogP contribution in [0.3, 0.4) is 0 Å². The maximum absolute atomic E-state index is 12.5. The van der Waals surface area contributed by atoms with Gasteiger partial charge in [0.2, 0.25) is 0 Å². The zero-order chi connectivity index (χ0) is 17.5. The molecule has 0 radical (unpaired) electrons. The van der Waals surface area contributed by atoms with E-state index in [1.165, 1.54) is 18.5 Å². The molecule has 3 heterocycles. The van der Waals surface area contributed by atoms with Crippen LogP contribution >= 0.6 is 0 Å². The van der Waals surface area contributed by atoms with Crippen LogP contribution in [0.5, 0.6) is 0 Å². The molecule has 1 saturated heterocycles. The zero-order valence-corrected chi connectivity index (χ0v) is 14.5. The number of hydrogen-bond acceptors (Lipinski definition) is 4. The van der Waals surface area contributed by atoms with Gasteiger partial charge in [-0.3, -0.25) is 9.89 Å². The highest BCUT2D eigenvalue weighted by Crippen LogP contribution is 2.40. The van der Waals surface area contributed by atoms with Gasteiger partial charge in [-0.15, -0.1) is 0 Å². The number of H-pyrrole nitrogens is 2. The average Bonchev–Trinajstić information content (AvgIpc) is 3.21. The highest BCUT2D eigenvalue weighted by atomic mass is 16.1. The molecule has 2 aliphatic rings. The van der Waals surface area contributed by atoms with Gasteiger partial charge < -0.3 is 15.2 Å². The van der Waals surface area contributed by atoms with Crippen LogP contribution < -0.4 is 10.2 Å². The summed E-state index contributed by atoms with van der Waals surface area (Å²) in [6, 6.07) is 7.96. The van der Waals surface area contributed by atoms with Crippen molar-refractivity contribution in [2.24, 2.45) is 0 Å². The van der Waals surface area contributed by atoms with Crippen LogP contribution in [0.4, 0.5) is 5.82 Å². The Morgan fingerprint density at radius 1 is 1.15 bits per heavy atom. The molecule has 2 fully saturated rings. The molecule has 7 nitrogen and oxygen atoms in total. The van der Waals surface area contributed by atoms with Crippen molar-refractivity contribution < 1.29 is 4.79 Å². The number of nitrogens with one attached hydrogen (secondary N) is 3. The molecule has 2 aromatic heterocycles. The summed E-state index contributed by atoms with van der Waals surface area (Å²) in [4.78, 5) is 22.1. The Labute approximate surface area is 151 Å². The summed E-state index contributed by atoms with van der Waals surface area (Å²) in [5.41, 5.74) is 3.70. The van der Waals surface area contributed by atoms with Gasteiger partial charge in [0.25, 0.3) is 5.91 Å². The molecule has 1 aromatic carbocycles. The third kappa shape index (κ3) is 2.94. The normalized spacial score (nSPS) is 18.4. The number of rotatable bonds is 4. The number of hydrogen-bond donors (Lipinski definition) is 3. The van der Waals surface area contributed by atoms with E-state index in [2.05, 4.69) is 36.4 Å². The van der Waals surface area contributed by atoms with Crippen molar-refractivity contribution in [3.8, 4) is 0 Å². The van der Waals surface area contributed by atoms with Gasteiger partial charge >= 0.3 is 0 Å². The first-order valence-corrected chi connectivity index (χ1v) is 9.30. The van der Waals surface area contributed by atoms with Crippen LogP contribution in [0.1, 0.15) is 47.7 Å². The minimum atomic E-state index is -0.0178. The summed E-state index contributed by atoms with van der Waals surface area (Å²) < 4.78 is 0. The van der Waals surface area contributed by atoms with Crippen LogP contribution in [0.25, 0.3) is 11.0 Å². The number of benzene rings is 1. The number of nitrogens with zero attached hydrogens (tertiary/aromatic N) is 3. The number of piperidine rings is 1. The van der Waals surface area contributed by atoms with E-state index in [9.17, 15) is 4.79 Å². The molecular formula is C19H22N6O. The monoisotopic (exact) mass is 350 g/mol. The maximum Gasteiger partial charge on any atom is 0.251 e. The molecule has 3 N–H and O–H groups in total. The molecule has 1 amide bonds. The van der Waals surface area contributed by atoms with Crippen LogP contribution in [0.15, 0.2) is 30.6 Å². The highest BCUT2D eigenvalue weighted by molar-refractivity contribution is 5.97. The Bertz CT molecular complexity index is 932. The third-order valence-corrected chi connectivity index (χ3v) is 5.44. The summed E-state index contributed by atoms with van der Waals surface area (Å²) in [7, 11) is 0. The van der Waals surface area contributed by atoms with E-state index in [-0.39, 0.29) is 11.9 Å². The van der Waals surface area contributed by atoms with E-state index in [1.807, 2.05) is 18.2 Å². The summed E-state index contributed by atoms with van der Waals surface area (Å²) in [5.74, 6) is 1.72. The Kier molecular flexibility index (Phi) is 3.65. The molecule has 0 unspecified atom stereocenters. The number of carbonyl (C=O) groups is 1. The number of amides is 1. The lowest BCUT2D eigenvalue weighted by molar-refractivity contribution is 0.0931. The van der Waals surface area contributed by atoms with E-state index in [0.29, 0.717) is 11.5 Å². The van der Waals surface area contributed by atoms with Gasteiger partial charge in [-0.05, 0) is 43.9 Å². The van der Waals surface area contributed by atoms with E-state index >= 15 is 0 Å². The van der Waals surface area contributed by atoms with Crippen molar-refractivity contribution in [1.82, 2.24) is 25.5 Å². The zero-order valence-electron chi connectivity index (χ0n) is 14.5. The van der Waals surface area contributed by atoms with Gasteiger partial charge in [-0.25, -0.2) is 4.98 Å². The van der Waals surface area contributed by atoms with Gasteiger partial charge in [0, 0.05) is 42.4 Å². The van der Waals surface area contributed by atoms with E-state index in [0.717, 1.165) is 42.8 Å². The highest BCUT2D eigenvalue weighted by Gasteiger charge is 2.27. The van der Waals surface area contributed by atoms with E-state index in [4.69, 9.17) is 0 Å². The third-order valence-electron chi connectivity index (χ3n) is 5.44. The molecule has 134 valence electrons. The molecule has 26 heavy (non-hydrogen) atoms. The minimum Gasteiger partial charge on any atom is -0.355 e. The second-order valence-electron chi connectivity index (χ2n) is 7.33. The molecule has 0 atom stereocenters. The fourth-order valence-electron chi connectivity index (χ4n) is 3.69. The standard InChI is InChI=1S/C19H22N6O/c26-19(13-3-4-15-17(9-13)21-11-20-15)22-14-5-7-25(8-6-14)18-10-16(23-24-18)12-1-2-12/h3-4,9-12,14H,1-2,5-8H2,(H,20,21)(H,22,26)(H,23,24). The lowest BCUT2D eigenvalue weighted by atomic mass is 10.0. The van der Waals surface area contributed by atoms with Crippen LogP contribution in [0.2, 0.25) is 0 Å². The molecular weight excluding hydrogens is 328 g/mol. The predicted octanol–water partition coefficient (Wildman–Crippen LogP) is 2.56. The molecule has 0 bridgehead atoms. The minimum absolute atomic E-state index is 0.0178. The fraction of sp³-hybridized carbons (Fsp3) is 0.421. The number of aromatic amines is 2. The van der Waals surface area contributed by atoms with Crippen molar-refractivity contribution >= 4 is 22.8 Å². The van der Waals surface area contributed by atoms with Crippen molar-refractivity contribution in [3.05, 3.63) is 41.9 Å². The second-order valence-corrected chi connectivity index (χ2v) is 7.33. The molecule has 1 aliphatic heterocycles. The topological polar surface area (TPSA) is 89.7 Å². The van der Waals surface area contributed by atoms with Gasteiger partial charge in [-0.1, -0.05) is 0 Å². The first-order valence-electron chi connectivity index (χ1n) is 9.30. The summed E-state index contributed by atoms with van der Waals surface area (Å²) in [6.07, 6.45) is 6.07. The van der Waals surface area contributed by atoms with E-state index < -0.39 is 0 Å². The maximum atomic E-state index is 12.5. The Morgan fingerprint density at radius 2 is 2.00 bits per heavy atom. The molecule has 1 saturated carbocycles. The summed E-state index contributed by atoms with van der Waals surface area (Å²) >= 11 is 0. The smallest absolute Gasteiger partial charge is 0.251 e. The number of anilines is 1. The average molecular weight is 350 g/mol. The van der Waals surface area contributed by atoms with Crippen molar-refractivity contribution in [1.29, 1.82) is 0 Å². The number of fused-ring (bicyclic) bond motifs is 1. The first-order chi connectivity index (χ1) is 12.8. The predicted molar refractivity (Wildman–Crippen MR) is 99.4 cm³/mol. The Morgan fingerprint density at radius 3 is 2.81 bits per heavy atom. The van der Waals surface area contributed by atoms with Crippen LogP contribution in [-0.4, -0.2) is 45.2 Å². The van der Waals surface area contributed by atoms with Crippen molar-refractivity contribution in [2.45, 2.75) is 37.6 Å². The number of carbonyl (C=O) groups excluding carboxylic acids is 1. The molecule has 0 spiro atoms. The largest absolute Gasteiger partial charge is 0.355 e. The number of imidazole rings is 1. The summed E-state index contributed by atoms with van der Waals surface area (Å²) in [6.45, 7) is 1.83. The van der Waals surface area contributed by atoms with Gasteiger partial charge in [0.05, 0.1) is 17.4 Å². The second kappa shape index (κ2) is 6.16. The van der Waals surface area contributed by atoms with Gasteiger partial charge in [0.1, 0.15) is 0 Å². The molecule has 5 rings (SSSR count). The first kappa shape index (κ1) is 15.4. The van der Waals surface area contributed by atoms with Gasteiger partial charge in [-0.2, -0.15) is 5.10 Å².